The predicted molar refractivity (Wildman–Crippen MR) is 68.9 cm³/mol. The first-order valence-corrected chi connectivity index (χ1v) is 6.43. The van der Waals surface area contributed by atoms with Crippen LogP contribution in [0.4, 0.5) is 10.1 Å². The van der Waals surface area contributed by atoms with Crippen LogP contribution in [0.15, 0.2) is 24.3 Å². The van der Waals surface area contributed by atoms with Gasteiger partial charge in [0.2, 0.25) is 5.91 Å². The maximum atomic E-state index is 13.2. The Bertz CT molecular complexity index is 502. The quantitative estimate of drug-likeness (QED) is 0.801. The molecule has 1 N–H and O–H groups in total. The van der Waals surface area contributed by atoms with E-state index in [0.717, 1.165) is 11.8 Å². The highest BCUT2D eigenvalue weighted by atomic mass is 32.2. The van der Waals surface area contributed by atoms with Crippen LogP contribution in [0.5, 0.6) is 0 Å². The molecule has 0 saturated carbocycles. The molecule has 1 aromatic carbocycles. The molecule has 5 nitrogen and oxygen atoms in total. The van der Waals surface area contributed by atoms with Gasteiger partial charge in [0.15, 0.2) is 6.61 Å². The SMILES string of the molecule is N#CCOC(=O)CSCC(=O)Nc1ccccc1F. The molecule has 1 rings (SSSR count). The Morgan fingerprint density at radius 3 is 2.79 bits per heavy atom. The van der Waals surface area contributed by atoms with Crippen molar-refractivity contribution in [2.45, 2.75) is 0 Å². The van der Waals surface area contributed by atoms with Gasteiger partial charge in [0.25, 0.3) is 0 Å². The van der Waals surface area contributed by atoms with Crippen LogP contribution >= 0.6 is 11.8 Å². The number of rotatable bonds is 6. The number of halogens is 1. The molecule has 0 spiro atoms. The lowest BCUT2D eigenvalue weighted by Crippen LogP contribution is -2.17. The van der Waals surface area contributed by atoms with Gasteiger partial charge in [-0.15, -0.1) is 11.8 Å². The van der Waals surface area contributed by atoms with E-state index < -0.39 is 17.7 Å². The van der Waals surface area contributed by atoms with E-state index in [0.29, 0.717) is 0 Å². The van der Waals surface area contributed by atoms with Gasteiger partial charge in [0.05, 0.1) is 17.2 Å². The van der Waals surface area contributed by atoms with E-state index in [1.165, 1.54) is 18.2 Å². The number of nitrogens with one attached hydrogen (secondary N) is 1. The third kappa shape index (κ3) is 5.88. The standard InChI is InChI=1S/C12H11FN2O3S/c13-9-3-1-2-4-10(9)15-11(16)7-19-8-12(17)18-6-5-14/h1-4H,6-8H2,(H,15,16). The van der Waals surface area contributed by atoms with E-state index in [1.54, 1.807) is 12.1 Å². The van der Waals surface area contributed by atoms with Crippen molar-refractivity contribution in [2.75, 3.05) is 23.4 Å². The second kappa shape index (κ2) is 8.11. The summed E-state index contributed by atoms with van der Waals surface area (Å²) in [5.41, 5.74) is 0.0974. The van der Waals surface area contributed by atoms with Gasteiger partial charge in [-0.25, -0.2) is 4.39 Å². The normalized spacial score (nSPS) is 9.47. The van der Waals surface area contributed by atoms with Gasteiger partial charge < -0.3 is 10.1 Å². The van der Waals surface area contributed by atoms with Gasteiger partial charge in [0.1, 0.15) is 11.9 Å². The largest absolute Gasteiger partial charge is 0.450 e. The summed E-state index contributed by atoms with van der Waals surface area (Å²) in [5, 5.41) is 10.6. The fraction of sp³-hybridized carbons (Fsp3) is 0.250. The van der Waals surface area contributed by atoms with Crippen molar-refractivity contribution in [1.82, 2.24) is 0 Å². The molecule has 0 aliphatic rings. The molecular weight excluding hydrogens is 271 g/mol. The van der Waals surface area contributed by atoms with E-state index in [9.17, 15) is 14.0 Å². The molecule has 0 aliphatic carbocycles. The molecule has 1 amide bonds. The Kier molecular flexibility index (Phi) is 6.39. The molecule has 0 radical (unpaired) electrons. The maximum Gasteiger partial charge on any atom is 0.316 e. The summed E-state index contributed by atoms with van der Waals surface area (Å²) in [6, 6.07) is 7.47. The maximum absolute atomic E-state index is 13.2. The predicted octanol–water partition coefficient (Wildman–Crippen LogP) is 1.56. The van der Waals surface area contributed by atoms with E-state index in [1.807, 2.05) is 0 Å². The molecule has 19 heavy (non-hydrogen) atoms. The average molecular weight is 282 g/mol. The minimum absolute atomic E-state index is 0.00398. The number of para-hydroxylation sites is 1. The topological polar surface area (TPSA) is 79.2 Å². The minimum atomic E-state index is -0.565. The van der Waals surface area contributed by atoms with Gasteiger partial charge in [-0.3, -0.25) is 9.59 Å². The Hall–Kier alpha value is -2.07. The number of anilines is 1. The summed E-state index contributed by atoms with van der Waals surface area (Å²) in [7, 11) is 0. The van der Waals surface area contributed by atoms with Crippen molar-refractivity contribution in [3.8, 4) is 6.07 Å². The molecule has 7 heteroatoms. The number of nitriles is 1. The number of carbonyl (C=O) groups excluding carboxylic acids is 2. The highest BCUT2D eigenvalue weighted by molar-refractivity contribution is 8.00. The van der Waals surface area contributed by atoms with Gasteiger partial charge in [-0.2, -0.15) is 5.26 Å². The van der Waals surface area contributed by atoms with E-state index in [2.05, 4.69) is 10.1 Å². The van der Waals surface area contributed by atoms with Crippen molar-refractivity contribution in [3.63, 3.8) is 0 Å². The molecule has 0 saturated heterocycles. The summed E-state index contributed by atoms with van der Waals surface area (Å²) < 4.78 is 17.7. The van der Waals surface area contributed by atoms with E-state index >= 15 is 0 Å². The zero-order valence-electron chi connectivity index (χ0n) is 9.89. The van der Waals surface area contributed by atoms with Crippen LogP contribution < -0.4 is 5.32 Å². The molecular formula is C12H11FN2O3S. The summed E-state index contributed by atoms with van der Waals surface area (Å²) in [6.07, 6.45) is 0. The average Bonchev–Trinajstić information content (AvgIpc) is 2.39. The fourth-order valence-corrected chi connectivity index (χ4v) is 1.74. The Labute approximate surface area is 113 Å². The van der Waals surface area contributed by atoms with Crippen LogP contribution in [0.2, 0.25) is 0 Å². The van der Waals surface area contributed by atoms with Crippen LogP contribution in [0.3, 0.4) is 0 Å². The first kappa shape index (κ1) is 15.0. The van der Waals surface area contributed by atoms with E-state index in [-0.39, 0.29) is 23.8 Å². The van der Waals surface area contributed by atoms with Crippen LogP contribution in [-0.4, -0.2) is 30.0 Å². The summed E-state index contributed by atoms with van der Waals surface area (Å²) in [5.74, 6) is -1.54. The van der Waals surface area contributed by atoms with Crippen LogP contribution in [0.25, 0.3) is 0 Å². The first-order valence-electron chi connectivity index (χ1n) is 5.28. The van der Waals surface area contributed by atoms with Crippen LogP contribution in [-0.2, 0) is 14.3 Å². The number of nitrogens with zero attached hydrogens (tertiary/aromatic N) is 1. The van der Waals surface area contributed by atoms with Crippen molar-refractivity contribution in [2.24, 2.45) is 0 Å². The van der Waals surface area contributed by atoms with Crippen LogP contribution in [0.1, 0.15) is 0 Å². The molecule has 0 unspecified atom stereocenters. The van der Waals surface area contributed by atoms with Gasteiger partial charge in [-0.05, 0) is 12.1 Å². The summed E-state index contributed by atoms with van der Waals surface area (Å²) in [4.78, 5) is 22.5. The molecule has 0 heterocycles. The number of ether oxygens (including phenoxy) is 1. The molecule has 0 aliphatic heterocycles. The molecule has 0 fully saturated rings. The van der Waals surface area contributed by atoms with Crippen LogP contribution in [0, 0.1) is 17.1 Å². The molecule has 0 atom stereocenters. The molecule has 0 aromatic heterocycles. The second-order valence-corrected chi connectivity index (χ2v) is 4.33. The smallest absolute Gasteiger partial charge is 0.316 e. The minimum Gasteiger partial charge on any atom is -0.450 e. The van der Waals surface area contributed by atoms with Crippen molar-refractivity contribution in [3.05, 3.63) is 30.1 Å². The lowest BCUT2D eigenvalue weighted by atomic mass is 10.3. The second-order valence-electron chi connectivity index (χ2n) is 3.34. The van der Waals surface area contributed by atoms with Gasteiger partial charge >= 0.3 is 5.97 Å². The summed E-state index contributed by atoms with van der Waals surface area (Å²) in [6.45, 7) is -0.305. The Balaban J connectivity index is 2.27. The van der Waals surface area contributed by atoms with Crippen molar-refractivity contribution in [1.29, 1.82) is 5.26 Å². The zero-order valence-corrected chi connectivity index (χ0v) is 10.7. The lowest BCUT2D eigenvalue weighted by Gasteiger charge is -2.05. The van der Waals surface area contributed by atoms with Crippen molar-refractivity contribution < 1.29 is 18.7 Å². The van der Waals surface area contributed by atoms with Gasteiger partial charge in [-0.1, -0.05) is 12.1 Å². The lowest BCUT2D eigenvalue weighted by molar-refractivity contribution is -0.139. The third-order valence-corrected chi connectivity index (χ3v) is 2.80. The Morgan fingerprint density at radius 2 is 2.11 bits per heavy atom. The van der Waals surface area contributed by atoms with Gasteiger partial charge in [0, 0.05) is 0 Å². The number of benzene rings is 1. The highest BCUT2D eigenvalue weighted by Crippen LogP contribution is 2.13. The molecule has 100 valence electrons. The number of amides is 1. The first-order chi connectivity index (χ1) is 9.13. The van der Waals surface area contributed by atoms with Crippen molar-refractivity contribution >= 4 is 29.3 Å². The Morgan fingerprint density at radius 1 is 1.37 bits per heavy atom. The summed E-state index contributed by atoms with van der Waals surface area (Å²) >= 11 is 1.03. The monoisotopic (exact) mass is 282 g/mol. The zero-order chi connectivity index (χ0) is 14.1. The number of esters is 1. The fourth-order valence-electron chi connectivity index (χ4n) is 1.13. The molecule has 0 bridgehead atoms. The molecule has 1 aromatic rings. The highest BCUT2D eigenvalue weighted by Gasteiger charge is 2.08. The number of carbonyl (C=O) groups is 2. The number of hydrogen-bond donors (Lipinski definition) is 1. The third-order valence-electron chi connectivity index (χ3n) is 1.90. The van der Waals surface area contributed by atoms with E-state index in [4.69, 9.17) is 5.26 Å². The number of hydrogen-bond acceptors (Lipinski definition) is 5. The number of thioether (sulfide) groups is 1.